The van der Waals surface area contributed by atoms with Crippen molar-refractivity contribution >= 4 is 5.82 Å². The molecule has 0 aliphatic rings. The third-order valence-electron chi connectivity index (χ3n) is 3.07. The van der Waals surface area contributed by atoms with Gasteiger partial charge in [0, 0.05) is 0 Å². The van der Waals surface area contributed by atoms with Crippen molar-refractivity contribution in [3.63, 3.8) is 0 Å². The van der Waals surface area contributed by atoms with Gasteiger partial charge in [-0.15, -0.1) is 0 Å². The highest BCUT2D eigenvalue weighted by atomic mass is 16.3. The van der Waals surface area contributed by atoms with E-state index in [4.69, 9.17) is 16.3 Å². The Morgan fingerprint density at radius 2 is 1.90 bits per heavy atom. The lowest BCUT2D eigenvalue weighted by molar-refractivity contribution is 0.0216. The normalized spacial score (nSPS) is 13.1. The summed E-state index contributed by atoms with van der Waals surface area (Å²) in [6.07, 6.45) is -1.06. The van der Waals surface area contributed by atoms with E-state index in [-0.39, 0.29) is 17.8 Å². The highest BCUT2D eigenvalue weighted by Gasteiger charge is 2.18. The number of benzene rings is 1. The number of hydrogen-bond donors (Lipinski definition) is 3. The van der Waals surface area contributed by atoms with Crippen LogP contribution in [0.2, 0.25) is 0 Å². The topological polar surface area (TPSA) is 132 Å². The summed E-state index contributed by atoms with van der Waals surface area (Å²) in [5.41, 5.74) is 7.17. The number of nitrogens with zero attached hydrogens (tertiary/aromatic N) is 4. The molecule has 106 valence electrons. The number of aromatic nitrogens is 2. The zero-order valence-corrected chi connectivity index (χ0v) is 11.0. The maximum atomic E-state index is 9.89. The Balaban J connectivity index is 2.25. The Bertz CT molecular complexity index is 708. The van der Waals surface area contributed by atoms with Crippen LogP contribution in [0.25, 0.3) is 5.69 Å². The van der Waals surface area contributed by atoms with Crippen molar-refractivity contribution in [1.82, 2.24) is 9.78 Å². The number of nitrogens with two attached hydrogens (primary N) is 1. The van der Waals surface area contributed by atoms with E-state index >= 15 is 0 Å². The average Bonchev–Trinajstić information content (AvgIpc) is 2.88. The van der Waals surface area contributed by atoms with Crippen LogP contribution in [0.1, 0.15) is 23.7 Å². The second-order valence-corrected chi connectivity index (χ2v) is 4.43. The molecule has 0 aliphatic heterocycles. The predicted molar refractivity (Wildman–Crippen MR) is 73.9 cm³/mol. The van der Waals surface area contributed by atoms with E-state index in [1.807, 2.05) is 6.07 Å². The first-order valence-electron chi connectivity index (χ1n) is 6.15. The molecule has 7 heteroatoms. The molecule has 0 aliphatic carbocycles. The van der Waals surface area contributed by atoms with Gasteiger partial charge in [0.1, 0.15) is 23.6 Å². The van der Waals surface area contributed by atoms with Gasteiger partial charge in [-0.25, -0.2) is 4.68 Å². The molecule has 21 heavy (non-hydrogen) atoms. The molecule has 2 unspecified atom stereocenters. The van der Waals surface area contributed by atoms with E-state index in [9.17, 15) is 10.2 Å². The first kappa shape index (κ1) is 14.5. The van der Waals surface area contributed by atoms with Gasteiger partial charge in [-0.05, 0) is 17.7 Å². The Labute approximate surface area is 121 Å². The Morgan fingerprint density at radius 1 is 1.24 bits per heavy atom. The Hall–Kier alpha value is -2.87. The third kappa shape index (κ3) is 2.84. The average molecular weight is 283 g/mol. The quantitative estimate of drug-likeness (QED) is 0.754. The Morgan fingerprint density at radius 3 is 2.43 bits per heavy atom. The van der Waals surface area contributed by atoms with Crippen molar-refractivity contribution < 1.29 is 10.2 Å². The highest BCUT2D eigenvalue weighted by Crippen LogP contribution is 2.22. The number of nitriles is 2. The van der Waals surface area contributed by atoms with Gasteiger partial charge in [-0.2, -0.15) is 15.6 Å². The van der Waals surface area contributed by atoms with Gasteiger partial charge in [0.2, 0.25) is 0 Å². The molecular formula is C14H13N5O2. The van der Waals surface area contributed by atoms with Crippen molar-refractivity contribution in [3.05, 3.63) is 41.6 Å². The van der Waals surface area contributed by atoms with Gasteiger partial charge in [0.15, 0.2) is 0 Å². The van der Waals surface area contributed by atoms with Gasteiger partial charge < -0.3 is 15.9 Å². The summed E-state index contributed by atoms with van der Waals surface area (Å²) in [6, 6.07) is 10.3. The lowest BCUT2D eigenvalue weighted by Crippen LogP contribution is -2.17. The fraction of sp³-hybridized carbons (Fsp3) is 0.214. The minimum Gasteiger partial charge on any atom is -0.389 e. The van der Waals surface area contributed by atoms with Gasteiger partial charge >= 0.3 is 0 Å². The summed E-state index contributed by atoms with van der Waals surface area (Å²) >= 11 is 0. The van der Waals surface area contributed by atoms with Crippen LogP contribution in [0.15, 0.2) is 30.5 Å². The molecule has 4 N–H and O–H groups in total. The van der Waals surface area contributed by atoms with Crippen LogP contribution in [-0.4, -0.2) is 26.1 Å². The SMILES string of the molecule is N#CCC(O)C(O)c1ccc(-n2ncc(C#N)c2N)cc1. The molecule has 0 saturated carbocycles. The van der Waals surface area contributed by atoms with Crippen LogP contribution in [-0.2, 0) is 0 Å². The second-order valence-electron chi connectivity index (χ2n) is 4.43. The number of aliphatic hydroxyl groups excluding tert-OH is 2. The molecule has 1 heterocycles. The molecule has 0 bridgehead atoms. The van der Waals surface area contributed by atoms with Crippen LogP contribution >= 0.6 is 0 Å². The smallest absolute Gasteiger partial charge is 0.145 e. The van der Waals surface area contributed by atoms with Crippen LogP contribution in [0.3, 0.4) is 0 Å². The monoisotopic (exact) mass is 283 g/mol. The van der Waals surface area contributed by atoms with Gasteiger partial charge in [0.05, 0.1) is 30.5 Å². The molecule has 2 aromatic rings. The fourth-order valence-corrected chi connectivity index (χ4v) is 1.89. The minimum atomic E-state index is -1.14. The zero-order valence-electron chi connectivity index (χ0n) is 11.0. The molecular weight excluding hydrogens is 270 g/mol. The van der Waals surface area contributed by atoms with Crippen LogP contribution in [0.5, 0.6) is 0 Å². The van der Waals surface area contributed by atoms with E-state index in [1.165, 1.54) is 10.9 Å². The summed E-state index contributed by atoms with van der Waals surface area (Å²) in [6.45, 7) is 0. The number of hydrogen-bond acceptors (Lipinski definition) is 6. The molecule has 7 nitrogen and oxygen atoms in total. The molecule has 2 atom stereocenters. The first-order chi connectivity index (χ1) is 10.1. The van der Waals surface area contributed by atoms with E-state index in [1.54, 1.807) is 30.3 Å². The van der Waals surface area contributed by atoms with Crippen LogP contribution in [0, 0.1) is 22.7 Å². The number of anilines is 1. The molecule has 1 aromatic heterocycles. The summed E-state index contributed by atoms with van der Waals surface area (Å²) in [5, 5.41) is 40.8. The molecule has 0 amide bonds. The zero-order chi connectivity index (χ0) is 15.4. The summed E-state index contributed by atoms with van der Waals surface area (Å²) in [5.74, 6) is 0.232. The Kier molecular flexibility index (Phi) is 4.19. The molecule has 0 fully saturated rings. The van der Waals surface area contributed by atoms with Gasteiger partial charge in [-0.1, -0.05) is 12.1 Å². The maximum Gasteiger partial charge on any atom is 0.145 e. The van der Waals surface area contributed by atoms with Crippen LogP contribution < -0.4 is 5.73 Å². The minimum absolute atomic E-state index is 0.152. The lowest BCUT2D eigenvalue weighted by Gasteiger charge is -2.16. The maximum absolute atomic E-state index is 9.89. The van der Waals surface area contributed by atoms with E-state index in [2.05, 4.69) is 5.10 Å². The lowest BCUT2D eigenvalue weighted by atomic mass is 10.0. The van der Waals surface area contributed by atoms with E-state index in [0.29, 0.717) is 11.3 Å². The van der Waals surface area contributed by atoms with Gasteiger partial charge in [-0.3, -0.25) is 0 Å². The molecule has 2 rings (SSSR count). The summed E-state index contributed by atoms with van der Waals surface area (Å²) in [4.78, 5) is 0. The van der Waals surface area contributed by atoms with Crippen molar-refractivity contribution in [2.75, 3.05) is 5.73 Å². The van der Waals surface area contributed by atoms with Gasteiger partial charge in [0.25, 0.3) is 0 Å². The number of aliphatic hydroxyl groups is 2. The second kappa shape index (κ2) is 6.06. The fourth-order valence-electron chi connectivity index (χ4n) is 1.89. The molecule has 0 saturated heterocycles. The standard InChI is InChI=1S/C14H13N5O2/c15-6-5-12(20)13(21)9-1-3-11(4-2-9)19-14(17)10(7-16)8-18-19/h1-4,8,12-13,20-21H,5,17H2. The first-order valence-corrected chi connectivity index (χ1v) is 6.15. The largest absolute Gasteiger partial charge is 0.389 e. The summed E-state index contributed by atoms with van der Waals surface area (Å²) < 4.78 is 1.40. The van der Waals surface area contributed by atoms with Crippen molar-refractivity contribution in [2.45, 2.75) is 18.6 Å². The van der Waals surface area contributed by atoms with Crippen molar-refractivity contribution in [2.24, 2.45) is 0 Å². The van der Waals surface area contributed by atoms with E-state index in [0.717, 1.165) is 0 Å². The molecule has 0 radical (unpaired) electrons. The molecule has 1 aromatic carbocycles. The van der Waals surface area contributed by atoms with Crippen molar-refractivity contribution in [1.29, 1.82) is 10.5 Å². The number of rotatable bonds is 4. The third-order valence-corrected chi connectivity index (χ3v) is 3.07. The molecule has 0 spiro atoms. The van der Waals surface area contributed by atoms with E-state index < -0.39 is 12.2 Å². The predicted octanol–water partition coefficient (Wildman–Crippen LogP) is 0.634. The highest BCUT2D eigenvalue weighted by molar-refractivity contribution is 5.52. The van der Waals surface area contributed by atoms with Crippen LogP contribution in [0.4, 0.5) is 5.82 Å². The summed E-state index contributed by atoms with van der Waals surface area (Å²) in [7, 11) is 0. The van der Waals surface area contributed by atoms with Crippen molar-refractivity contribution in [3.8, 4) is 17.8 Å². The number of nitrogen functional groups attached to an aromatic ring is 1.